The van der Waals surface area contributed by atoms with Crippen LogP contribution in [-0.4, -0.2) is 20.9 Å². The molecule has 0 aliphatic carbocycles. The number of carboxylic acids is 1. The van der Waals surface area contributed by atoms with Gasteiger partial charge < -0.3 is 5.11 Å². The summed E-state index contributed by atoms with van der Waals surface area (Å²) in [5, 5.41) is 11.9. The van der Waals surface area contributed by atoms with Gasteiger partial charge in [-0.3, -0.25) is 9.89 Å². The maximum atomic E-state index is 11.9. The zero-order valence-electron chi connectivity index (χ0n) is 11.1. The Morgan fingerprint density at radius 2 is 1.79 bits per heavy atom. The highest BCUT2D eigenvalue weighted by molar-refractivity contribution is 5.88. The van der Waals surface area contributed by atoms with Crippen LogP contribution in [0.25, 0.3) is 11.3 Å². The van der Waals surface area contributed by atoms with Crippen molar-refractivity contribution < 1.29 is 9.90 Å². The number of aromatic amines is 1. The van der Waals surface area contributed by atoms with E-state index >= 15 is 0 Å². The Morgan fingerprint density at radius 3 is 2.21 bits per heavy atom. The van der Waals surface area contributed by atoms with Gasteiger partial charge in [-0.05, 0) is 38.5 Å². The molecular weight excluding hydrogens is 244 g/mol. The van der Waals surface area contributed by atoms with Crippen molar-refractivity contribution in [2.45, 2.75) is 26.3 Å². The van der Waals surface area contributed by atoms with Crippen molar-refractivity contribution in [3.63, 3.8) is 0 Å². The fourth-order valence-electron chi connectivity index (χ4n) is 1.83. The highest BCUT2D eigenvalue weighted by Gasteiger charge is 2.17. The standard InChI is InChI=1S/C14H16N2O3/c1-14(2,3)16-12(17)8-11(15-16)9-4-6-10(7-5-9)13(18)19/h4-8,15H,1-3H3,(H,18,19). The van der Waals surface area contributed by atoms with Crippen LogP contribution in [0.15, 0.2) is 35.1 Å². The SMILES string of the molecule is CC(C)(C)n1[nH]c(-c2ccc(C(=O)O)cc2)cc1=O. The van der Waals surface area contributed by atoms with Crippen molar-refractivity contribution in [2.75, 3.05) is 0 Å². The van der Waals surface area contributed by atoms with E-state index in [4.69, 9.17) is 5.11 Å². The minimum Gasteiger partial charge on any atom is -0.478 e. The summed E-state index contributed by atoms with van der Waals surface area (Å²) >= 11 is 0. The van der Waals surface area contributed by atoms with E-state index in [9.17, 15) is 9.59 Å². The third-order valence-corrected chi connectivity index (χ3v) is 2.83. The number of carboxylic acid groups (broad SMARTS) is 1. The van der Waals surface area contributed by atoms with Crippen LogP contribution >= 0.6 is 0 Å². The first kappa shape index (κ1) is 13.1. The summed E-state index contributed by atoms with van der Waals surface area (Å²) in [5.74, 6) is -0.965. The van der Waals surface area contributed by atoms with Crippen molar-refractivity contribution >= 4 is 5.97 Å². The number of hydrogen-bond donors (Lipinski definition) is 2. The molecule has 0 amide bonds. The van der Waals surface area contributed by atoms with Crippen LogP contribution in [0.1, 0.15) is 31.1 Å². The second kappa shape index (κ2) is 4.42. The second-order valence-electron chi connectivity index (χ2n) is 5.40. The van der Waals surface area contributed by atoms with Crippen molar-refractivity contribution in [3.05, 3.63) is 46.2 Å². The molecule has 2 rings (SSSR count). The largest absolute Gasteiger partial charge is 0.478 e. The third kappa shape index (κ3) is 2.59. The van der Waals surface area contributed by atoms with E-state index in [0.717, 1.165) is 5.56 Å². The molecule has 0 aliphatic heterocycles. The number of benzene rings is 1. The first-order valence-electron chi connectivity index (χ1n) is 5.95. The fraction of sp³-hybridized carbons (Fsp3) is 0.286. The van der Waals surface area contributed by atoms with Gasteiger partial charge in [-0.15, -0.1) is 0 Å². The minimum atomic E-state index is -0.965. The Bertz CT molecular complexity index is 657. The summed E-state index contributed by atoms with van der Waals surface area (Å²) in [5.41, 5.74) is 1.25. The van der Waals surface area contributed by atoms with E-state index in [2.05, 4.69) is 5.10 Å². The third-order valence-electron chi connectivity index (χ3n) is 2.83. The molecule has 19 heavy (non-hydrogen) atoms. The summed E-state index contributed by atoms with van der Waals surface area (Å²) in [7, 11) is 0. The average molecular weight is 260 g/mol. The van der Waals surface area contributed by atoms with Gasteiger partial charge in [-0.1, -0.05) is 12.1 Å². The molecule has 5 heteroatoms. The normalized spacial score (nSPS) is 11.5. The van der Waals surface area contributed by atoms with Gasteiger partial charge in [0, 0.05) is 6.07 Å². The Morgan fingerprint density at radius 1 is 1.21 bits per heavy atom. The number of nitrogens with one attached hydrogen (secondary N) is 1. The number of aromatic nitrogens is 2. The average Bonchev–Trinajstić information content (AvgIpc) is 2.71. The zero-order chi connectivity index (χ0) is 14.2. The zero-order valence-corrected chi connectivity index (χ0v) is 11.1. The lowest BCUT2D eigenvalue weighted by atomic mass is 10.1. The van der Waals surface area contributed by atoms with Gasteiger partial charge in [0.05, 0.1) is 16.8 Å². The van der Waals surface area contributed by atoms with Crippen LogP contribution in [0.2, 0.25) is 0 Å². The summed E-state index contributed by atoms with van der Waals surface area (Å²) in [6.45, 7) is 5.80. The van der Waals surface area contributed by atoms with Crippen molar-refractivity contribution in [3.8, 4) is 11.3 Å². The number of rotatable bonds is 2. The molecule has 0 saturated carbocycles. The molecule has 1 heterocycles. The number of H-pyrrole nitrogens is 1. The maximum Gasteiger partial charge on any atom is 0.335 e. The van der Waals surface area contributed by atoms with Gasteiger partial charge in [-0.2, -0.15) is 0 Å². The second-order valence-corrected chi connectivity index (χ2v) is 5.40. The molecule has 0 radical (unpaired) electrons. The number of carbonyl (C=O) groups is 1. The van der Waals surface area contributed by atoms with Crippen molar-refractivity contribution in [1.82, 2.24) is 9.78 Å². The highest BCUT2D eigenvalue weighted by Crippen LogP contribution is 2.18. The van der Waals surface area contributed by atoms with Gasteiger partial charge >= 0.3 is 5.97 Å². The van der Waals surface area contributed by atoms with Gasteiger partial charge in [-0.25, -0.2) is 9.48 Å². The molecular formula is C14H16N2O3. The van der Waals surface area contributed by atoms with Crippen LogP contribution in [-0.2, 0) is 5.54 Å². The Balaban J connectivity index is 2.43. The van der Waals surface area contributed by atoms with E-state index in [-0.39, 0.29) is 16.7 Å². The molecule has 2 aromatic rings. The first-order valence-corrected chi connectivity index (χ1v) is 5.95. The molecule has 0 saturated heterocycles. The van der Waals surface area contributed by atoms with E-state index < -0.39 is 5.97 Å². The predicted octanol–water partition coefficient (Wildman–Crippen LogP) is 2.30. The summed E-state index contributed by atoms with van der Waals surface area (Å²) in [6, 6.07) is 7.92. The Labute approximate surface area is 110 Å². The van der Waals surface area contributed by atoms with Gasteiger partial charge in [0.1, 0.15) is 0 Å². The molecule has 0 atom stereocenters. The molecule has 1 aromatic carbocycles. The van der Waals surface area contributed by atoms with Crippen LogP contribution in [0.4, 0.5) is 0 Å². The molecule has 0 unspecified atom stereocenters. The molecule has 0 aliphatic rings. The Kier molecular flexibility index (Phi) is 3.06. The topological polar surface area (TPSA) is 75.1 Å². The number of aromatic carboxylic acids is 1. The first-order chi connectivity index (χ1) is 8.79. The minimum absolute atomic E-state index is 0.107. The van der Waals surface area contributed by atoms with Gasteiger partial charge in [0.25, 0.3) is 5.56 Å². The molecule has 0 bridgehead atoms. The van der Waals surface area contributed by atoms with Crippen LogP contribution < -0.4 is 5.56 Å². The summed E-state index contributed by atoms with van der Waals surface area (Å²) in [6.07, 6.45) is 0. The van der Waals surface area contributed by atoms with E-state index in [1.807, 2.05) is 20.8 Å². The number of nitrogens with zero attached hydrogens (tertiary/aromatic N) is 1. The van der Waals surface area contributed by atoms with E-state index in [1.54, 1.807) is 16.8 Å². The van der Waals surface area contributed by atoms with E-state index in [1.165, 1.54) is 18.2 Å². The maximum absolute atomic E-state index is 11.9. The predicted molar refractivity (Wildman–Crippen MR) is 72.4 cm³/mol. The molecule has 0 spiro atoms. The smallest absolute Gasteiger partial charge is 0.335 e. The quantitative estimate of drug-likeness (QED) is 0.870. The molecule has 2 N–H and O–H groups in total. The van der Waals surface area contributed by atoms with Crippen molar-refractivity contribution in [2.24, 2.45) is 0 Å². The molecule has 0 fully saturated rings. The van der Waals surface area contributed by atoms with Crippen LogP contribution in [0, 0.1) is 0 Å². The van der Waals surface area contributed by atoms with Gasteiger partial charge in [0.15, 0.2) is 0 Å². The lowest BCUT2D eigenvalue weighted by Gasteiger charge is -2.19. The summed E-state index contributed by atoms with van der Waals surface area (Å²) < 4.78 is 1.55. The monoisotopic (exact) mass is 260 g/mol. The number of hydrogen-bond acceptors (Lipinski definition) is 2. The highest BCUT2D eigenvalue weighted by atomic mass is 16.4. The molecule has 1 aromatic heterocycles. The molecule has 5 nitrogen and oxygen atoms in total. The summed E-state index contributed by atoms with van der Waals surface area (Å²) in [4.78, 5) is 22.6. The van der Waals surface area contributed by atoms with Gasteiger partial charge in [0.2, 0.25) is 0 Å². The van der Waals surface area contributed by atoms with Crippen molar-refractivity contribution in [1.29, 1.82) is 0 Å². The molecule has 100 valence electrons. The van der Waals surface area contributed by atoms with Crippen LogP contribution in [0.3, 0.4) is 0 Å². The van der Waals surface area contributed by atoms with Crippen LogP contribution in [0.5, 0.6) is 0 Å². The lowest BCUT2D eigenvalue weighted by molar-refractivity contribution is 0.0697. The van der Waals surface area contributed by atoms with E-state index in [0.29, 0.717) is 5.69 Å². The Hall–Kier alpha value is -2.30. The fourth-order valence-corrected chi connectivity index (χ4v) is 1.83. The lowest BCUT2D eigenvalue weighted by Crippen LogP contribution is -2.32.